The second kappa shape index (κ2) is 10.4. The topological polar surface area (TPSA) is 34.1 Å². The largest absolute Gasteiger partial charge is 0.223 e. The summed E-state index contributed by atoms with van der Waals surface area (Å²) in [7, 11) is -3.23. The van der Waals surface area contributed by atoms with Gasteiger partial charge >= 0.3 is 0 Å². The smallest absolute Gasteiger partial charge is 0.181 e. The molecule has 0 aliphatic rings. The summed E-state index contributed by atoms with van der Waals surface area (Å²) < 4.78 is 24.7. The summed E-state index contributed by atoms with van der Waals surface area (Å²) in [4.78, 5) is 0.400. The van der Waals surface area contributed by atoms with Gasteiger partial charge < -0.3 is 0 Å². The monoisotopic (exact) mass is 360 g/mol. The van der Waals surface area contributed by atoms with Gasteiger partial charge in [-0.05, 0) is 72.4 Å². The summed E-state index contributed by atoms with van der Waals surface area (Å²) in [6.07, 6.45) is 10.4. The molecule has 0 N–H and O–H groups in total. The molecule has 0 aromatic heterocycles. The zero-order chi connectivity index (χ0) is 18.9. The lowest BCUT2D eigenvalue weighted by Crippen LogP contribution is -2.05. The summed E-state index contributed by atoms with van der Waals surface area (Å²) in [6.45, 7) is 10.4. The molecular weight excluding hydrogens is 328 g/mol. The quantitative estimate of drug-likeness (QED) is 0.492. The third kappa shape index (κ3) is 8.87. The van der Waals surface area contributed by atoms with Gasteiger partial charge in [0.05, 0.1) is 10.6 Å². The summed E-state index contributed by atoms with van der Waals surface area (Å²) >= 11 is 0. The van der Waals surface area contributed by atoms with Crippen LogP contribution < -0.4 is 0 Å². The molecule has 0 aliphatic carbocycles. The van der Waals surface area contributed by atoms with E-state index in [1.165, 1.54) is 11.1 Å². The third-order valence-electron chi connectivity index (χ3n) is 4.15. The predicted molar refractivity (Wildman–Crippen MR) is 109 cm³/mol. The zero-order valence-corrected chi connectivity index (χ0v) is 17.1. The van der Waals surface area contributed by atoms with Crippen molar-refractivity contribution < 1.29 is 8.42 Å². The van der Waals surface area contributed by atoms with Gasteiger partial charge in [-0.15, -0.1) is 0 Å². The molecule has 0 radical (unpaired) electrons. The minimum absolute atomic E-state index is 0.0746. The normalized spacial score (nSPS) is 13.0. The van der Waals surface area contributed by atoms with Crippen LogP contribution in [0.15, 0.2) is 64.1 Å². The van der Waals surface area contributed by atoms with Gasteiger partial charge in [0.2, 0.25) is 0 Å². The number of allylic oxidation sites excluding steroid dienone is 5. The molecule has 3 heteroatoms. The van der Waals surface area contributed by atoms with Crippen molar-refractivity contribution in [3.8, 4) is 0 Å². The van der Waals surface area contributed by atoms with Gasteiger partial charge in [0, 0.05) is 0 Å². The van der Waals surface area contributed by atoms with E-state index < -0.39 is 9.84 Å². The Morgan fingerprint density at radius 1 is 0.840 bits per heavy atom. The van der Waals surface area contributed by atoms with Crippen LogP contribution in [-0.2, 0) is 9.84 Å². The van der Waals surface area contributed by atoms with Gasteiger partial charge in [0.1, 0.15) is 0 Å². The fourth-order valence-electron chi connectivity index (χ4n) is 2.43. The Bertz CT molecular complexity index is 729. The van der Waals surface area contributed by atoms with E-state index in [0.717, 1.165) is 36.8 Å². The average Bonchev–Trinajstić information content (AvgIpc) is 2.53. The second-order valence-corrected chi connectivity index (χ2v) is 9.09. The van der Waals surface area contributed by atoms with Crippen LogP contribution in [0.3, 0.4) is 0 Å². The van der Waals surface area contributed by atoms with E-state index in [4.69, 9.17) is 0 Å². The Morgan fingerprint density at radius 2 is 1.36 bits per heavy atom. The van der Waals surface area contributed by atoms with Crippen LogP contribution >= 0.6 is 0 Å². The van der Waals surface area contributed by atoms with Crippen LogP contribution in [0.25, 0.3) is 0 Å². The number of hydrogen-bond donors (Lipinski definition) is 0. The lowest BCUT2D eigenvalue weighted by molar-refractivity contribution is 0.599. The second-order valence-electron chi connectivity index (χ2n) is 7.05. The first-order valence-electron chi connectivity index (χ1n) is 8.95. The van der Waals surface area contributed by atoms with E-state index in [2.05, 4.69) is 32.9 Å². The third-order valence-corrected chi connectivity index (χ3v) is 5.75. The van der Waals surface area contributed by atoms with Crippen LogP contribution in [0, 0.1) is 6.92 Å². The molecule has 0 spiro atoms. The van der Waals surface area contributed by atoms with Gasteiger partial charge in [-0.2, -0.15) is 0 Å². The number of sulfone groups is 1. The van der Waals surface area contributed by atoms with Crippen molar-refractivity contribution >= 4 is 9.84 Å². The van der Waals surface area contributed by atoms with E-state index in [9.17, 15) is 8.42 Å². The maximum absolute atomic E-state index is 12.3. The molecular formula is C22H32O2S. The van der Waals surface area contributed by atoms with Gasteiger partial charge in [0.25, 0.3) is 0 Å². The molecule has 0 amide bonds. The standard InChI is InChI=1S/C22H32O2S/c1-18(2)8-6-9-19(3)10-7-11-20(4)16-17-25(23,24)22-14-12-21(5)13-15-22/h8,10,12-16H,6-7,9,11,17H2,1-5H3/b19-10+,20-16+. The van der Waals surface area contributed by atoms with Crippen molar-refractivity contribution in [3.63, 3.8) is 0 Å². The Balaban J connectivity index is 2.50. The molecule has 0 bridgehead atoms. The van der Waals surface area contributed by atoms with Gasteiger partial charge in [-0.3, -0.25) is 0 Å². The molecule has 0 fully saturated rings. The van der Waals surface area contributed by atoms with Crippen molar-refractivity contribution in [1.82, 2.24) is 0 Å². The highest BCUT2D eigenvalue weighted by Gasteiger charge is 2.12. The highest BCUT2D eigenvalue weighted by Crippen LogP contribution is 2.15. The van der Waals surface area contributed by atoms with Crippen LogP contribution in [0.4, 0.5) is 0 Å². The van der Waals surface area contributed by atoms with Crippen LogP contribution in [-0.4, -0.2) is 14.2 Å². The lowest BCUT2D eigenvalue weighted by Gasteiger charge is -2.04. The molecule has 0 saturated heterocycles. The first kappa shape index (κ1) is 21.4. The molecule has 1 aromatic rings. The molecule has 0 saturated carbocycles. The van der Waals surface area contributed by atoms with Crippen molar-refractivity contribution in [2.24, 2.45) is 0 Å². The fraction of sp³-hybridized carbons (Fsp3) is 0.455. The molecule has 2 nitrogen and oxygen atoms in total. The zero-order valence-electron chi connectivity index (χ0n) is 16.3. The number of benzene rings is 1. The average molecular weight is 361 g/mol. The maximum Gasteiger partial charge on any atom is 0.181 e. The minimum Gasteiger partial charge on any atom is -0.223 e. The van der Waals surface area contributed by atoms with Crippen molar-refractivity contribution in [2.45, 2.75) is 65.2 Å². The molecule has 0 heterocycles. The van der Waals surface area contributed by atoms with Crippen LogP contribution in [0.1, 0.15) is 58.9 Å². The maximum atomic E-state index is 12.3. The van der Waals surface area contributed by atoms with Crippen molar-refractivity contribution in [1.29, 1.82) is 0 Å². The molecule has 0 unspecified atom stereocenters. The molecule has 1 aromatic carbocycles. The van der Waals surface area contributed by atoms with Crippen molar-refractivity contribution in [3.05, 3.63) is 64.8 Å². The van der Waals surface area contributed by atoms with Gasteiger partial charge in [0.15, 0.2) is 9.84 Å². The lowest BCUT2D eigenvalue weighted by atomic mass is 10.1. The van der Waals surface area contributed by atoms with Crippen LogP contribution in [0.5, 0.6) is 0 Å². The first-order chi connectivity index (χ1) is 11.7. The minimum atomic E-state index is -3.23. The molecule has 0 atom stereocenters. The van der Waals surface area contributed by atoms with E-state index in [-0.39, 0.29) is 5.75 Å². The van der Waals surface area contributed by atoms with E-state index in [0.29, 0.717) is 4.90 Å². The highest BCUT2D eigenvalue weighted by molar-refractivity contribution is 7.91. The Labute approximate surface area is 154 Å². The summed E-state index contributed by atoms with van der Waals surface area (Å²) in [5, 5.41) is 0. The first-order valence-corrected chi connectivity index (χ1v) is 10.6. The fourth-order valence-corrected chi connectivity index (χ4v) is 3.68. The van der Waals surface area contributed by atoms with E-state index in [1.54, 1.807) is 12.1 Å². The van der Waals surface area contributed by atoms with Gasteiger partial charge in [-0.1, -0.05) is 52.6 Å². The SMILES string of the molecule is CC(C)=CCC/C(C)=C/CC/C(C)=C/CS(=O)(=O)c1ccc(C)cc1. The molecule has 1 rings (SSSR count). The summed E-state index contributed by atoms with van der Waals surface area (Å²) in [6, 6.07) is 7.05. The number of hydrogen-bond acceptors (Lipinski definition) is 2. The Morgan fingerprint density at radius 3 is 1.92 bits per heavy atom. The Kier molecular flexibility index (Phi) is 8.91. The predicted octanol–water partition coefficient (Wildman–Crippen LogP) is 6.19. The Hall–Kier alpha value is -1.61. The van der Waals surface area contributed by atoms with Crippen LogP contribution in [0.2, 0.25) is 0 Å². The summed E-state index contributed by atoms with van der Waals surface area (Å²) in [5.41, 5.74) is 4.96. The molecule has 0 aliphatic heterocycles. The van der Waals surface area contributed by atoms with E-state index >= 15 is 0 Å². The summed E-state index contributed by atoms with van der Waals surface area (Å²) in [5.74, 6) is 0.0746. The molecule has 138 valence electrons. The highest BCUT2D eigenvalue weighted by atomic mass is 32.2. The van der Waals surface area contributed by atoms with Crippen molar-refractivity contribution in [2.75, 3.05) is 5.75 Å². The number of aryl methyl sites for hydroxylation is 1. The van der Waals surface area contributed by atoms with E-state index in [1.807, 2.05) is 32.1 Å². The number of rotatable bonds is 9. The molecule has 25 heavy (non-hydrogen) atoms. The van der Waals surface area contributed by atoms with Gasteiger partial charge in [-0.25, -0.2) is 8.42 Å².